The first kappa shape index (κ1) is 24.5. The second kappa shape index (κ2) is 8.80. The maximum absolute atomic E-state index is 13.5. The van der Waals surface area contributed by atoms with Crippen LogP contribution in [0.15, 0.2) is 46.2 Å². The van der Waals surface area contributed by atoms with E-state index >= 15 is 0 Å². The van der Waals surface area contributed by atoms with Crippen molar-refractivity contribution in [3.63, 3.8) is 0 Å². The lowest BCUT2D eigenvalue weighted by molar-refractivity contribution is -0.145. The van der Waals surface area contributed by atoms with E-state index in [2.05, 4.69) is 0 Å². The monoisotopic (exact) mass is 471 g/mol. The van der Waals surface area contributed by atoms with E-state index in [0.717, 1.165) is 23.8 Å². The topological polar surface area (TPSA) is 46.2 Å². The summed E-state index contributed by atoms with van der Waals surface area (Å²) in [5, 5.41) is 0. The average molecular weight is 471 g/mol. The molecule has 0 aliphatic carbocycles. The summed E-state index contributed by atoms with van der Waals surface area (Å²) in [4.78, 5) is -0.299. The number of nitrogens with one attached hydrogen (secondary N) is 1. The van der Waals surface area contributed by atoms with Gasteiger partial charge in [0.25, 0.3) is 0 Å². The lowest BCUT2D eigenvalue weighted by atomic mass is 10.1. The summed E-state index contributed by atoms with van der Waals surface area (Å²) in [5.41, 5.74) is 0.358. The molecule has 0 saturated carbocycles. The summed E-state index contributed by atoms with van der Waals surface area (Å²) in [6, 6.07) is 4.44. The summed E-state index contributed by atoms with van der Waals surface area (Å²) in [6.07, 6.45) is -9.57. The van der Waals surface area contributed by atoms with Crippen molar-refractivity contribution in [1.29, 1.82) is 0 Å². The molecule has 0 aromatic heterocycles. The molecule has 0 aliphatic heterocycles. The highest BCUT2D eigenvalue weighted by Crippen LogP contribution is 2.34. The Balaban J connectivity index is 2.28. The fourth-order valence-electron chi connectivity index (χ4n) is 2.97. The second-order valence-corrected chi connectivity index (χ2v) is 9.52. The van der Waals surface area contributed by atoms with Crippen LogP contribution in [0.3, 0.4) is 0 Å². The van der Waals surface area contributed by atoms with Crippen molar-refractivity contribution in [2.75, 3.05) is 5.75 Å². The van der Waals surface area contributed by atoms with E-state index in [1.807, 2.05) is 0 Å². The molecular weight excluding hydrogens is 452 g/mol. The number of sulfonamides is 1. The number of halogens is 6. The molecule has 1 N–H and O–H groups in total. The van der Waals surface area contributed by atoms with Gasteiger partial charge in [0.05, 0.1) is 10.5 Å². The van der Waals surface area contributed by atoms with Crippen LogP contribution in [0.5, 0.6) is 0 Å². The molecule has 0 spiro atoms. The van der Waals surface area contributed by atoms with E-state index in [0.29, 0.717) is 22.9 Å². The highest BCUT2D eigenvalue weighted by molar-refractivity contribution is 7.99. The van der Waals surface area contributed by atoms with Crippen LogP contribution in [-0.4, -0.2) is 26.4 Å². The Morgan fingerprint density at radius 2 is 1.53 bits per heavy atom. The molecule has 0 fully saturated rings. The smallest absolute Gasteiger partial charge is 0.207 e. The molecule has 166 valence electrons. The van der Waals surface area contributed by atoms with Gasteiger partial charge in [-0.1, -0.05) is 23.8 Å². The first-order chi connectivity index (χ1) is 13.6. The lowest BCUT2D eigenvalue weighted by Crippen LogP contribution is -2.47. The van der Waals surface area contributed by atoms with E-state index < -0.39 is 39.7 Å². The minimum absolute atomic E-state index is 0.0547. The second-order valence-electron chi connectivity index (χ2n) is 6.78. The van der Waals surface area contributed by atoms with Crippen molar-refractivity contribution in [3.05, 3.63) is 58.7 Å². The summed E-state index contributed by atoms with van der Waals surface area (Å²) in [6.45, 7) is 4.69. The van der Waals surface area contributed by atoms with Crippen LogP contribution >= 0.6 is 11.8 Å². The predicted octanol–water partition coefficient (Wildman–Crippen LogP) is 5.63. The van der Waals surface area contributed by atoms with E-state index in [9.17, 15) is 34.8 Å². The van der Waals surface area contributed by atoms with Gasteiger partial charge in [0, 0.05) is 10.6 Å². The van der Waals surface area contributed by atoms with E-state index in [4.69, 9.17) is 0 Å². The third kappa shape index (κ3) is 6.14. The van der Waals surface area contributed by atoms with Crippen molar-refractivity contribution < 1.29 is 34.8 Å². The SMILES string of the molecule is Cc1cc(C)c(S(=O)(=O)NC(CSc2cccc(C(F)(F)F)c2)C(F)(F)F)c(C)c1. The van der Waals surface area contributed by atoms with E-state index in [1.165, 1.54) is 19.9 Å². The maximum Gasteiger partial charge on any atom is 0.416 e. The minimum atomic E-state index is -4.94. The predicted molar refractivity (Wildman–Crippen MR) is 103 cm³/mol. The molecule has 0 bridgehead atoms. The lowest BCUT2D eigenvalue weighted by Gasteiger charge is -2.23. The third-order valence-electron chi connectivity index (χ3n) is 4.14. The van der Waals surface area contributed by atoms with Crippen molar-refractivity contribution in [3.8, 4) is 0 Å². The largest absolute Gasteiger partial charge is 0.416 e. The molecule has 0 aliphatic rings. The zero-order valence-corrected chi connectivity index (χ0v) is 17.8. The molecule has 0 amide bonds. The van der Waals surface area contributed by atoms with Gasteiger partial charge in [-0.15, -0.1) is 11.8 Å². The first-order valence-corrected chi connectivity index (χ1v) is 11.0. The average Bonchev–Trinajstić information content (AvgIpc) is 2.55. The van der Waals surface area contributed by atoms with E-state index in [1.54, 1.807) is 23.8 Å². The molecule has 11 heteroatoms. The Morgan fingerprint density at radius 1 is 0.967 bits per heavy atom. The molecule has 1 atom stereocenters. The third-order valence-corrected chi connectivity index (χ3v) is 7.01. The number of rotatable bonds is 6. The van der Waals surface area contributed by atoms with Gasteiger partial charge in [-0.25, -0.2) is 8.42 Å². The molecule has 2 aromatic rings. The number of aryl methyl sites for hydroxylation is 3. The zero-order valence-electron chi connectivity index (χ0n) is 16.1. The summed E-state index contributed by atoms with van der Waals surface area (Å²) in [7, 11) is -4.52. The van der Waals surface area contributed by atoms with Crippen molar-refractivity contribution in [2.45, 2.75) is 49.0 Å². The van der Waals surface area contributed by atoms with Crippen LogP contribution in [0.1, 0.15) is 22.3 Å². The van der Waals surface area contributed by atoms with Gasteiger partial charge in [-0.3, -0.25) is 0 Å². The molecule has 0 heterocycles. The molecule has 0 radical (unpaired) electrons. The Kier molecular flexibility index (Phi) is 7.20. The Hall–Kier alpha value is -1.72. The highest BCUT2D eigenvalue weighted by Gasteiger charge is 2.43. The molecule has 30 heavy (non-hydrogen) atoms. The first-order valence-electron chi connectivity index (χ1n) is 8.58. The van der Waals surface area contributed by atoms with Crippen LogP contribution in [-0.2, 0) is 16.2 Å². The number of hydrogen-bond donors (Lipinski definition) is 1. The molecular formula is C19H19F6NO2S2. The molecule has 2 rings (SSSR count). The van der Waals surface area contributed by atoms with Crippen LogP contribution < -0.4 is 4.72 Å². The Morgan fingerprint density at radius 3 is 2.03 bits per heavy atom. The number of hydrogen-bond acceptors (Lipinski definition) is 3. The van der Waals surface area contributed by atoms with Crippen molar-refractivity contribution in [1.82, 2.24) is 4.72 Å². The van der Waals surface area contributed by atoms with Crippen LogP contribution in [0.25, 0.3) is 0 Å². The van der Waals surface area contributed by atoms with Crippen molar-refractivity contribution >= 4 is 21.8 Å². The molecule has 1 unspecified atom stereocenters. The van der Waals surface area contributed by atoms with Crippen LogP contribution in [0, 0.1) is 20.8 Å². The number of alkyl halides is 6. The van der Waals surface area contributed by atoms with Gasteiger partial charge >= 0.3 is 12.4 Å². The van der Waals surface area contributed by atoms with Gasteiger partial charge in [0.1, 0.15) is 6.04 Å². The molecule has 0 saturated heterocycles. The number of thioether (sulfide) groups is 1. The fourth-order valence-corrected chi connectivity index (χ4v) is 5.77. The Labute approximate surface area is 174 Å². The van der Waals surface area contributed by atoms with Gasteiger partial charge in [-0.2, -0.15) is 31.1 Å². The quantitative estimate of drug-likeness (QED) is 0.439. The van der Waals surface area contributed by atoms with Gasteiger partial charge in [0.15, 0.2) is 0 Å². The normalized spacial score (nSPS) is 14.0. The zero-order chi connectivity index (χ0) is 22.9. The standard InChI is InChI=1S/C19H19F6NO2S2/c1-11-7-12(2)17(13(3)8-11)30(27,28)26-16(19(23,24)25)10-29-15-6-4-5-14(9-15)18(20,21)22/h4-9,16,26H,10H2,1-3H3. The van der Waals surface area contributed by atoms with Crippen molar-refractivity contribution in [2.24, 2.45) is 0 Å². The van der Waals surface area contributed by atoms with Gasteiger partial charge in [-0.05, 0) is 50.1 Å². The number of benzene rings is 2. The summed E-state index contributed by atoms with van der Waals surface area (Å²) < 4.78 is 106. The fraction of sp³-hybridized carbons (Fsp3) is 0.368. The van der Waals surface area contributed by atoms with Gasteiger partial charge in [0.2, 0.25) is 10.0 Å². The summed E-state index contributed by atoms with van der Waals surface area (Å²) in [5.74, 6) is -0.825. The van der Waals surface area contributed by atoms with Gasteiger partial charge < -0.3 is 0 Å². The maximum atomic E-state index is 13.5. The van der Waals surface area contributed by atoms with E-state index in [-0.39, 0.29) is 9.79 Å². The van der Waals surface area contributed by atoms with Crippen LogP contribution in [0.4, 0.5) is 26.3 Å². The summed E-state index contributed by atoms with van der Waals surface area (Å²) >= 11 is 0.485. The highest BCUT2D eigenvalue weighted by atomic mass is 32.2. The van der Waals surface area contributed by atoms with Crippen LogP contribution in [0.2, 0.25) is 0 Å². The molecule has 3 nitrogen and oxygen atoms in total. The molecule has 2 aromatic carbocycles. The minimum Gasteiger partial charge on any atom is -0.207 e. The Bertz CT molecular complexity index is 993.